The third-order valence-electron chi connectivity index (χ3n) is 5.02. The molecule has 0 aliphatic rings. The van der Waals surface area contributed by atoms with Gasteiger partial charge < -0.3 is 4.74 Å². The summed E-state index contributed by atoms with van der Waals surface area (Å²) in [5.41, 5.74) is 1.79. The van der Waals surface area contributed by atoms with Crippen molar-refractivity contribution in [3.63, 3.8) is 0 Å². The second kappa shape index (κ2) is 8.83. The van der Waals surface area contributed by atoms with E-state index in [4.69, 9.17) is 4.74 Å². The molecule has 0 bridgehead atoms. The number of nitrogens with zero attached hydrogens (tertiary/aromatic N) is 4. The molecule has 1 N–H and O–H groups in total. The molecule has 0 unspecified atom stereocenters. The molecule has 2 aromatic heterocycles. The maximum absolute atomic E-state index is 13.2. The highest BCUT2D eigenvalue weighted by Gasteiger charge is 2.29. The minimum absolute atomic E-state index is 0.116. The molecule has 9 nitrogen and oxygen atoms in total. The maximum atomic E-state index is 13.2. The number of aryl methyl sites for hydroxylation is 2. The minimum Gasteiger partial charge on any atom is -0.494 e. The highest BCUT2D eigenvalue weighted by atomic mass is 32.2. The predicted octanol–water partition coefficient (Wildman–Crippen LogP) is 3.81. The average molecular weight is 486 g/mol. The number of hydrogen-bond donors (Lipinski definition) is 1. The van der Waals surface area contributed by atoms with Crippen molar-refractivity contribution in [1.29, 1.82) is 0 Å². The molecule has 0 radical (unpaired) electrons. The van der Waals surface area contributed by atoms with Gasteiger partial charge in [-0.2, -0.15) is 5.10 Å². The van der Waals surface area contributed by atoms with Crippen molar-refractivity contribution in [3.8, 4) is 5.75 Å². The number of rotatable bonds is 7. The summed E-state index contributed by atoms with van der Waals surface area (Å²) in [5, 5.41) is 7.26. The molecular formula is C22H23N5O4S2. The van der Waals surface area contributed by atoms with E-state index < -0.39 is 15.9 Å². The third kappa shape index (κ3) is 4.41. The highest BCUT2D eigenvalue weighted by molar-refractivity contribution is 7.92. The molecule has 33 heavy (non-hydrogen) atoms. The molecule has 172 valence electrons. The van der Waals surface area contributed by atoms with Gasteiger partial charge in [0.05, 0.1) is 27.9 Å². The molecule has 0 aliphatic carbocycles. The Bertz CT molecular complexity index is 1430. The van der Waals surface area contributed by atoms with Gasteiger partial charge in [-0.05, 0) is 44.2 Å². The number of sulfonamides is 1. The van der Waals surface area contributed by atoms with Gasteiger partial charge in [-0.25, -0.2) is 13.4 Å². The summed E-state index contributed by atoms with van der Waals surface area (Å²) >= 11 is 1.30. The highest BCUT2D eigenvalue weighted by Crippen LogP contribution is 2.31. The first-order valence-electron chi connectivity index (χ1n) is 10.1. The summed E-state index contributed by atoms with van der Waals surface area (Å²) in [6.07, 6.45) is 1.34. The van der Waals surface area contributed by atoms with E-state index in [0.717, 1.165) is 25.8 Å². The van der Waals surface area contributed by atoms with Crippen LogP contribution in [0.1, 0.15) is 22.8 Å². The number of hydrogen-bond acceptors (Lipinski definition) is 7. The van der Waals surface area contributed by atoms with Gasteiger partial charge in [0.15, 0.2) is 10.9 Å². The molecule has 2 aromatic carbocycles. The number of carbonyl (C=O) groups is 1. The van der Waals surface area contributed by atoms with Gasteiger partial charge in [-0.3, -0.25) is 19.1 Å². The monoisotopic (exact) mass is 485 g/mol. The van der Waals surface area contributed by atoms with Gasteiger partial charge in [0, 0.05) is 14.1 Å². The Hall–Kier alpha value is -3.44. The molecule has 2 heterocycles. The summed E-state index contributed by atoms with van der Waals surface area (Å²) in [4.78, 5) is 17.6. The molecule has 1 amide bonds. The first-order chi connectivity index (χ1) is 15.7. The second-order valence-electron chi connectivity index (χ2n) is 7.33. The van der Waals surface area contributed by atoms with Crippen LogP contribution < -0.4 is 14.4 Å². The molecular weight excluding hydrogens is 462 g/mol. The van der Waals surface area contributed by atoms with Crippen molar-refractivity contribution in [2.75, 3.05) is 23.3 Å². The zero-order chi connectivity index (χ0) is 23.8. The third-order valence-corrected chi connectivity index (χ3v) is 7.72. The van der Waals surface area contributed by atoms with Crippen LogP contribution in [0.3, 0.4) is 0 Å². The Morgan fingerprint density at radius 3 is 2.64 bits per heavy atom. The smallest absolute Gasteiger partial charge is 0.265 e. The first kappa shape index (κ1) is 22.7. The van der Waals surface area contributed by atoms with Crippen molar-refractivity contribution < 1.29 is 17.9 Å². The lowest BCUT2D eigenvalue weighted by Gasteiger charge is -2.20. The predicted molar refractivity (Wildman–Crippen MR) is 129 cm³/mol. The van der Waals surface area contributed by atoms with Gasteiger partial charge >= 0.3 is 0 Å². The normalized spacial score (nSPS) is 11.5. The fourth-order valence-electron chi connectivity index (χ4n) is 3.33. The molecule has 11 heteroatoms. The zero-order valence-electron chi connectivity index (χ0n) is 18.6. The average Bonchev–Trinajstić information content (AvgIpc) is 3.36. The van der Waals surface area contributed by atoms with Crippen molar-refractivity contribution in [2.45, 2.75) is 18.7 Å². The lowest BCUT2D eigenvalue weighted by Crippen LogP contribution is -2.30. The molecule has 0 aliphatic heterocycles. The summed E-state index contributed by atoms with van der Waals surface area (Å²) in [5.74, 6) is 0.366. The Kier molecular flexibility index (Phi) is 6.09. The molecule has 0 atom stereocenters. The molecule has 0 saturated carbocycles. The Balaban J connectivity index is 1.62. The van der Waals surface area contributed by atoms with Gasteiger partial charge in [0.2, 0.25) is 0 Å². The fraction of sp³-hybridized carbons (Fsp3) is 0.227. The lowest BCUT2D eigenvalue weighted by atomic mass is 10.2. The number of nitrogens with one attached hydrogen (secondary N) is 1. The van der Waals surface area contributed by atoms with Crippen LogP contribution in [0.4, 0.5) is 10.9 Å². The van der Waals surface area contributed by atoms with Crippen LogP contribution in [0, 0.1) is 6.92 Å². The van der Waals surface area contributed by atoms with E-state index in [9.17, 15) is 13.2 Å². The van der Waals surface area contributed by atoms with Crippen LogP contribution in [0.15, 0.2) is 53.6 Å². The SMILES string of the molecule is CCOc1ccc2nc(NC(=O)c3cnn(C)c3N(C)S(=O)(=O)c3ccc(C)cc3)sc2c1. The molecule has 0 fully saturated rings. The minimum atomic E-state index is -3.90. The van der Waals surface area contributed by atoms with Gasteiger partial charge in [-0.15, -0.1) is 0 Å². The Morgan fingerprint density at radius 1 is 1.21 bits per heavy atom. The fourth-order valence-corrected chi connectivity index (χ4v) is 5.46. The van der Waals surface area contributed by atoms with E-state index in [2.05, 4.69) is 15.4 Å². The van der Waals surface area contributed by atoms with E-state index >= 15 is 0 Å². The van der Waals surface area contributed by atoms with Crippen LogP contribution >= 0.6 is 11.3 Å². The molecule has 4 aromatic rings. The summed E-state index contributed by atoms with van der Waals surface area (Å²) in [7, 11) is -0.913. The topological polar surface area (TPSA) is 106 Å². The summed E-state index contributed by atoms with van der Waals surface area (Å²) in [6, 6.07) is 12.0. The van der Waals surface area contributed by atoms with Crippen molar-refractivity contribution in [2.24, 2.45) is 7.05 Å². The van der Waals surface area contributed by atoms with Crippen molar-refractivity contribution in [3.05, 3.63) is 59.8 Å². The number of fused-ring (bicyclic) bond motifs is 1. The van der Waals surface area contributed by atoms with E-state index in [-0.39, 0.29) is 16.3 Å². The molecule has 0 spiro atoms. The van der Waals surface area contributed by atoms with Crippen LogP contribution in [-0.2, 0) is 17.1 Å². The largest absolute Gasteiger partial charge is 0.494 e. The number of carbonyl (C=O) groups excluding carboxylic acids is 1. The number of amides is 1. The van der Waals surface area contributed by atoms with Gasteiger partial charge in [0.25, 0.3) is 15.9 Å². The van der Waals surface area contributed by atoms with Gasteiger partial charge in [0.1, 0.15) is 11.3 Å². The van der Waals surface area contributed by atoms with Crippen molar-refractivity contribution in [1.82, 2.24) is 14.8 Å². The maximum Gasteiger partial charge on any atom is 0.265 e. The van der Waals surface area contributed by atoms with E-state index in [1.54, 1.807) is 19.2 Å². The number of thiazole rings is 1. The van der Waals surface area contributed by atoms with Crippen LogP contribution in [0.25, 0.3) is 10.2 Å². The molecule has 4 rings (SSSR count). The summed E-state index contributed by atoms with van der Waals surface area (Å²) < 4.78 is 35.1. The zero-order valence-corrected chi connectivity index (χ0v) is 20.2. The second-order valence-corrected chi connectivity index (χ2v) is 10.3. The van der Waals surface area contributed by atoms with Crippen LogP contribution in [0.2, 0.25) is 0 Å². The Labute approximate surface area is 195 Å². The number of aromatic nitrogens is 3. The standard InChI is InChI=1S/C22H23N5O4S2/c1-5-31-15-8-11-18-19(12-15)32-22(24-18)25-20(28)17-13-23-26(3)21(17)27(4)33(29,30)16-9-6-14(2)7-10-16/h6-13H,5H2,1-4H3,(H,24,25,28). The number of anilines is 2. The van der Waals surface area contributed by atoms with E-state index in [1.165, 1.54) is 41.4 Å². The van der Waals surface area contributed by atoms with E-state index in [1.807, 2.05) is 32.0 Å². The van der Waals surface area contributed by atoms with E-state index in [0.29, 0.717) is 11.7 Å². The number of benzene rings is 2. The summed E-state index contributed by atoms with van der Waals surface area (Å²) in [6.45, 7) is 4.34. The van der Waals surface area contributed by atoms with Crippen LogP contribution in [-0.4, -0.2) is 42.7 Å². The lowest BCUT2D eigenvalue weighted by molar-refractivity contribution is 0.102. The van der Waals surface area contributed by atoms with Crippen LogP contribution in [0.5, 0.6) is 5.75 Å². The molecule has 0 saturated heterocycles. The van der Waals surface area contributed by atoms with Crippen molar-refractivity contribution >= 4 is 48.4 Å². The first-order valence-corrected chi connectivity index (χ1v) is 12.4. The number of ether oxygens (including phenoxy) is 1. The Morgan fingerprint density at radius 2 is 1.94 bits per heavy atom. The quantitative estimate of drug-likeness (QED) is 0.427. The van der Waals surface area contributed by atoms with Gasteiger partial charge in [-0.1, -0.05) is 29.0 Å².